The van der Waals surface area contributed by atoms with E-state index in [1.165, 1.54) is 23.0 Å². The summed E-state index contributed by atoms with van der Waals surface area (Å²) >= 11 is 1.44. The summed E-state index contributed by atoms with van der Waals surface area (Å²) in [5, 5.41) is 18.3. The van der Waals surface area contributed by atoms with Crippen LogP contribution < -0.4 is 4.80 Å². The highest BCUT2D eigenvalue weighted by atomic mass is 32.1. The molecule has 0 saturated heterocycles. The number of aryl methyl sites for hydroxylation is 2. The molecule has 0 bridgehead atoms. The van der Waals surface area contributed by atoms with Crippen LogP contribution in [-0.2, 0) is 0 Å². The Hall–Kier alpha value is -4.63. The maximum Gasteiger partial charge on any atom is 0.270 e. The van der Waals surface area contributed by atoms with Crippen molar-refractivity contribution < 1.29 is 4.92 Å². The largest absolute Gasteiger partial charge is 0.306 e. The standard InChI is InChI=1S/C28H24N6O2S/c1-19-7-12-26(20(2)15-19)30-28-33(27(17-37-28)23-5-4-6-25(16-23)34(35)36)31-21(3)22-8-10-24(11-9-22)32-14-13-29-18-32/h4-18H,1-3H3. The van der Waals surface area contributed by atoms with Crippen LogP contribution in [-0.4, -0.2) is 24.9 Å². The number of hydrogen-bond acceptors (Lipinski definition) is 6. The van der Waals surface area contributed by atoms with Crippen LogP contribution in [0.4, 0.5) is 11.4 Å². The molecule has 0 amide bonds. The van der Waals surface area contributed by atoms with Crippen LogP contribution in [0.1, 0.15) is 23.6 Å². The molecular formula is C28H24N6O2S. The van der Waals surface area contributed by atoms with Gasteiger partial charge in [0.15, 0.2) is 0 Å². The number of nitro groups is 1. The summed E-state index contributed by atoms with van der Waals surface area (Å²) in [7, 11) is 0. The highest BCUT2D eigenvalue weighted by Crippen LogP contribution is 2.26. The first-order chi connectivity index (χ1) is 17.9. The van der Waals surface area contributed by atoms with E-state index in [1.54, 1.807) is 29.3 Å². The minimum atomic E-state index is -0.391. The van der Waals surface area contributed by atoms with E-state index < -0.39 is 4.92 Å². The first kappa shape index (κ1) is 24.1. The van der Waals surface area contributed by atoms with Gasteiger partial charge in [0.05, 0.1) is 28.3 Å². The van der Waals surface area contributed by atoms with Crippen LogP contribution in [0.25, 0.3) is 16.9 Å². The van der Waals surface area contributed by atoms with Crippen LogP contribution in [0.15, 0.2) is 101 Å². The van der Waals surface area contributed by atoms with Crippen LogP contribution in [0, 0.1) is 24.0 Å². The molecule has 0 N–H and O–H groups in total. The van der Waals surface area contributed by atoms with Gasteiger partial charge in [-0.25, -0.2) is 14.7 Å². The van der Waals surface area contributed by atoms with Gasteiger partial charge in [-0.1, -0.05) is 42.0 Å². The van der Waals surface area contributed by atoms with Gasteiger partial charge in [-0.2, -0.15) is 5.10 Å². The van der Waals surface area contributed by atoms with Crippen molar-refractivity contribution in [3.8, 4) is 16.9 Å². The molecule has 0 aliphatic heterocycles. The third-order valence-corrected chi connectivity index (χ3v) is 6.76. The molecule has 3 aromatic carbocycles. The van der Waals surface area contributed by atoms with Crippen molar-refractivity contribution in [3.05, 3.63) is 122 Å². The predicted molar refractivity (Wildman–Crippen MR) is 147 cm³/mol. The second-order valence-electron chi connectivity index (χ2n) is 8.63. The number of hydrogen-bond donors (Lipinski definition) is 0. The number of imidazole rings is 1. The lowest BCUT2D eigenvalue weighted by Crippen LogP contribution is -2.14. The zero-order valence-electron chi connectivity index (χ0n) is 20.6. The molecule has 184 valence electrons. The summed E-state index contributed by atoms with van der Waals surface area (Å²) in [6.07, 6.45) is 5.39. The van der Waals surface area contributed by atoms with Gasteiger partial charge in [0.25, 0.3) is 5.69 Å². The molecule has 0 fully saturated rings. The molecule has 0 saturated carbocycles. The normalized spacial score (nSPS) is 12.2. The van der Waals surface area contributed by atoms with Crippen LogP contribution in [0.3, 0.4) is 0 Å². The van der Waals surface area contributed by atoms with Gasteiger partial charge in [-0.05, 0) is 50.1 Å². The van der Waals surface area contributed by atoms with E-state index in [2.05, 4.69) is 11.1 Å². The molecule has 0 atom stereocenters. The van der Waals surface area contributed by atoms with E-state index >= 15 is 0 Å². The van der Waals surface area contributed by atoms with Gasteiger partial charge in [0.1, 0.15) is 0 Å². The molecule has 0 aliphatic carbocycles. The Morgan fingerprint density at radius 2 is 1.86 bits per heavy atom. The van der Waals surface area contributed by atoms with Gasteiger partial charge in [0.2, 0.25) is 4.80 Å². The third-order valence-electron chi connectivity index (χ3n) is 5.94. The van der Waals surface area contributed by atoms with E-state index in [9.17, 15) is 10.1 Å². The summed E-state index contributed by atoms with van der Waals surface area (Å²) in [5.74, 6) is 0. The van der Waals surface area contributed by atoms with Crippen molar-refractivity contribution >= 4 is 28.4 Å². The fourth-order valence-electron chi connectivity index (χ4n) is 3.98. The number of benzene rings is 3. The average molecular weight is 509 g/mol. The topological polar surface area (TPSA) is 90.6 Å². The second kappa shape index (κ2) is 10.2. The molecule has 5 aromatic rings. The van der Waals surface area contributed by atoms with E-state index in [-0.39, 0.29) is 5.69 Å². The fourth-order valence-corrected chi connectivity index (χ4v) is 4.82. The van der Waals surface area contributed by atoms with Crippen molar-refractivity contribution in [2.24, 2.45) is 10.1 Å². The van der Waals surface area contributed by atoms with Crippen LogP contribution in [0.2, 0.25) is 0 Å². The summed E-state index contributed by atoms with van der Waals surface area (Å²) < 4.78 is 3.70. The van der Waals surface area contributed by atoms with Gasteiger partial charge < -0.3 is 4.57 Å². The van der Waals surface area contributed by atoms with E-state index in [1.807, 2.05) is 79.4 Å². The zero-order chi connectivity index (χ0) is 25.9. The lowest BCUT2D eigenvalue weighted by molar-refractivity contribution is -0.384. The molecule has 0 aliphatic rings. The number of nitro benzene ring substituents is 1. The second-order valence-corrected chi connectivity index (χ2v) is 9.46. The minimum Gasteiger partial charge on any atom is -0.306 e. The molecule has 2 aromatic heterocycles. The van der Waals surface area contributed by atoms with E-state index in [0.717, 1.165) is 33.9 Å². The fraction of sp³-hybridized carbons (Fsp3) is 0.107. The van der Waals surface area contributed by atoms with Crippen molar-refractivity contribution in [1.82, 2.24) is 14.2 Å². The molecule has 8 nitrogen and oxygen atoms in total. The van der Waals surface area contributed by atoms with Gasteiger partial charge in [-0.3, -0.25) is 10.1 Å². The van der Waals surface area contributed by atoms with Crippen molar-refractivity contribution in [2.75, 3.05) is 0 Å². The summed E-state index contributed by atoms with van der Waals surface area (Å²) in [6, 6.07) is 20.7. The molecule has 9 heteroatoms. The summed E-state index contributed by atoms with van der Waals surface area (Å²) in [4.78, 5) is 20.7. The number of rotatable bonds is 6. The highest BCUT2D eigenvalue weighted by molar-refractivity contribution is 7.07. The van der Waals surface area contributed by atoms with Crippen molar-refractivity contribution in [2.45, 2.75) is 20.8 Å². The lowest BCUT2D eigenvalue weighted by Gasteiger charge is -2.08. The Bertz CT molecular complexity index is 1680. The first-order valence-corrected chi connectivity index (χ1v) is 12.5. The Morgan fingerprint density at radius 1 is 1.05 bits per heavy atom. The Kier molecular flexibility index (Phi) is 6.61. The molecule has 37 heavy (non-hydrogen) atoms. The Labute approximate surface area is 217 Å². The Balaban J connectivity index is 1.63. The average Bonchev–Trinajstić information content (AvgIpc) is 3.57. The summed E-state index contributed by atoms with van der Waals surface area (Å²) in [6.45, 7) is 6.02. The molecule has 0 radical (unpaired) electrons. The number of non-ortho nitro benzene ring substituents is 1. The molecule has 2 heterocycles. The first-order valence-electron chi connectivity index (χ1n) is 11.6. The quantitative estimate of drug-likeness (QED) is 0.150. The number of thiazole rings is 1. The number of nitrogens with zero attached hydrogens (tertiary/aromatic N) is 6. The van der Waals surface area contributed by atoms with Gasteiger partial charge in [-0.15, -0.1) is 11.3 Å². The Morgan fingerprint density at radius 3 is 2.57 bits per heavy atom. The predicted octanol–water partition coefficient (Wildman–Crippen LogP) is 6.43. The van der Waals surface area contributed by atoms with Gasteiger partial charge in [0, 0.05) is 41.2 Å². The smallest absolute Gasteiger partial charge is 0.270 e. The molecule has 5 rings (SSSR count). The van der Waals surface area contributed by atoms with Crippen molar-refractivity contribution in [1.29, 1.82) is 0 Å². The van der Waals surface area contributed by atoms with E-state index in [4.69, 9.17) is 10.1 Å². The van der Waals surface area contributed by atoms with Crippen LogP contribution in [0.5, 0.6) is 0 Å². The third kappa shape index (κ3) is 5.17. The minimum absolute atomic E-state index is 0.0268. The van der Waals surface area contributed by atoms with Crippen LogP contribution >= 0.6 is 11.3 Å². The number of aromatic nitrogens is 3. The lowest BCUT2D eigenvalue weighted by atomic mass is 10.1. The molecule has 0 spiro atoms. The van der Waals surface area contributed by atoms with Gasteiger partial charge >= 0.3 is 0 Å². The molecule has 0 unspecified atom stereocenters. The highest BCUT2D eigenvalue weighted by Gasteiger charge is 2.13. The molecular weight excluding hydrogens is 484 g/mol. The van der Waals surface area contributed by atoms with Crippen molar-refractivity contribution in [3.63, 3.8) is 0 Å². The van der Waals surface area contributed by atoms with E-state index in [0.29, 0.717) is 10.4 Å². The summed E-state index contributed by atoms with van der Waals surface area (Å²) in [5.41, 5.74) is 7.26. The maximum atomic E-state index is 11.4. The monoisotopic (exact) mass is 508 g/mol. The maximum absolute atomic E-state index is 11.4. The zero-order valence-corrected chi connectivity index (χ0v) is 21.4. The SMILES string of the molecule is CC(=Nn1c(-c2cccc([N+](=O)[O-])c2)csc1=Nc1ccc(C)cc1C)c1ccc(-n2ccnc2)cc1.